The molecule has 4 rings (SSSR count). The van der Waals surface area contributed by atoms with Crippen molar-refractivity contribution in [2.45, 2.75) is 44.2 Å². The predicted octanol–water partition coefficient (Wildman–Crippen LogP) is 2.36. The Morgan fingerprint density at radius 2 is 2.11 bits per heavy atom. The molecular weight excluding hydrogens is 340 g/mol. The van der Waals surface area contributed by atoms with Gasteiger partial charge < -0.3 is 15.2 Å². The Kier molecular flexibility index (Phi) is 5.67. The highest BCUT2D eigenvalue weighted by Crippen LogP contribution is 2.24. The molecule has 0 spiro atoms. The van der Waals surface area contributed by atoms with E-state index < -0.39 is 0 Å². The Hall–Kier alpha value is -2.41. The number of hydrogen-bond donors (Lipinski definition) is 2. The molecule has 0 aliphatic carbocycles. The van der Waals surface area contributed by atoms with E-state index in [-0.39, 0.29) is 12.1 Å². The molecule has 0 radical (unpaired) electrons. The third-order valence-electron chi connectivity index (χ3n) is 5.66. The maximum absolute atomic E-state index is 12.7. The number of amides is 2. The molecular formula is C20H28N6O. The summed E-state index contributed by atoms with van der Waals surface area (Å²) in [6.07, 6.45) is 11.5. The van der Waals surface area contributed by atoms with E-state index in [2.05, 4.69) is 31.2 Å². The molecule has 0 saturated carbocycles. The van der Waals surface area contributed by atoms with Crippen molar-refractivity contribution in [2.75, 3.05) is 26.2 Å². The number of carbonyl (C=O) groups excluding carboxylic acids is 1. The summed E-state index contributed by atoms with van der Waals surface area (Å²) < 4.78 is 0. The number of rotatable bonds is 4. The lowest BCUT2D eigenvalue weighted by Gasteiger charge is -2.36. The van der Waals surface area contributed by atoms with Crippen molar-refractivity contribution in [3.63, 3.8) is 0 Å². The van der Waals surface area contributed by atoms with Crippen LogP contribution in [0.4, 0.5) is 4.79 Å². The highest BCUT2D eigenvalue weighted by atomic mass is 16.2. The molecule has 4 heterocycles. The first-order valence-electron chi connectivity index (χ1n) is 9.94. The molecule has 0 unspecified atom stereocenters. The van der Waals surface area contributed by atoms with Crippen LogP contribution in [0.25, 0.3) is 0 Å². The summed E-state index contributed by atoms with van der Waals surface area (Å²) in [6.45, 7) is 4.54. The van der Waals surface area contributed by atoms with E-state index >= 15 is 0 Å². The van der Waals surface area contributed by atoms with Gasteiger partial charge in [-0.3, -0.25) is 9.88 Å². The maximum Gasteiger partial charge on any atom is 0.317 e. The Labute approximate surface area is 160 Å². The van der Waals surface area contributed by atoms with Gasteiger partial charge in [0.15, 0.2) is 0 Å². The number of carbonyl (C=O) groups is 1. The van der Waals surface area contributed by atoms with Crippen molar-refractivity contribution in [3.05, 3.63) is 48.3 Å². The number of hydrogen-bond acceptors (Lipinski definition) is 4. The number of likely N-dealkylation sites (tertiary alicyclic amines) is 2. The van der Waals surface area contributed by atoms with Crippen molar-refractivity contribution < 1.29 is 4.79 Å². The Bertz CT molecular complexity index is 711. The molecule has 2 amide bonds. The summed E-state index contributed by atoms with van der Waals surface area (Å²) in [6, 6.07) is 4.45. The van der Waals surface area contributed by atoms with Crippen LogP contribution in [0.2, 0.25) is 0 Å². The molecule has 2 saturated heterocycles. The van der Waals surface area contributed by atoms with Crippen LogP contribution in [0, 0.1) is 0 Å². The zero-order valence-electron chi connectivity index (χ0n) is 15.7. The van der Waals surface area contributed by atoms with Gasteiger partial charge in [0.25, 0.3) is 0 Å². The highest BCUT2D eigenvalue weighted by molar-refractivity contribution is 5.74. The van der Waals surface area contributed by atoms with E-state index in [1.165, 1.54) is 5.56 Å². The van der Waals surface area contributed by atoms with E-state index in [1.54, 1.807) is 6.20 Å². The quantitative estimate of drug-likeness (QED) is 0.869. The summed E-state index contributed by atoms with van der Waals surface area (Å²) in [5.74, 6) is 1.32. The number of imidazole rings is 1. The van der Waals surface area contributed by atoms with E-state index in [0.29, 0.717) is 5.92 Å². The van der Waals surface area contributed by atoms with E-state index in [9.17, 15) is 4.79 Å². The number of urea groups is 1. The summed E-state index contributed by atoms with van der Waals surface area (Å²) in [7, 11) is 0. The second-order valence-electron chi connectivity index (χ2n) is 7.62. The lowest BCUT2D eigenvalue weighted by Crippen LogP contribution is -2.51. The first-order valence-corrected chi connectivity index (χ1v) is 9.94. The standard InChI is InChI=1S/C20H28N6O/c27-20(26-10-2-4-17(15-26)19-22-8-9-23-19)24-18-5-11-25(12-6-18)14-16-3-1-7-21-13-16/h1,3,7-9,13,17-18H,2,4-6,10-12,14-15H2,(H,22,23)(H,24,27)/t17-/m0/s1. The van der Waals surface area contributed by atoms with Crippen LogP contribution in [-0.4, -0.2) is 63.0 Å². The molecule has 2 aromatic rings. The molecule has 2 aliphatic rings. The molecule has 27 heavy (non-hydrogen) atoms. The average Bonchev–Trinajstić information content (AvgIpc) is 3.25. The Morgan fingerprint density at radius 1 is 1.22 bits per heavy atom. The Morgan fingerprint density at radius 3 is 2.85 bits per heavy atom. The summed E-state index contributed by atoms with van der Waals surface area (Å²) in [4.78, 5) is 28.9. The van der Waals surface area contributed by atoms with Crippen LogP contribution in [0.15, 0.2) is 36.9 Å². The molecule has 1 atom stereocenters. The molecule has 2 aliphatic heterocycles. The molecule has 0 aromatic carbocycles. The second kappa shape index (κ2) is 8.52. The van der Waals surface area contributed by atoms with Crippen LogP contribution in [0.1, 0.15) is 43.0 Å². The molecule has 2 fully saturated rings. The number of aromatic amines is 1. The molecule has 2 N–H and O–H groups in total. The van der Waals surface area contributed by atoms with E-state index in [4.69, 9.17) is 0 Å². The number of piperidine rings is 2. The number of nitrogens with one attached hydrogen (secondary N) is 2. The van der Waals surface area contributed by atoms with Crippen molar-refractivity contribution >= 4 is 6.03 Å². The first kappa shape index (κ1) is 18.0. The molecule has 0 bridgehead atoms. The fourth-order valence-electron chi connectivity index (χ4n) is 4.14. The third-order valence-corrected chi connectivity index (χ3v) is 5.66. The lowest BCUT2D eigenvalue weighted by atomic mass is 9.97. The number of aromatic nitrogens is 3. The van der Waals surface area contributed by atoms with Crippen LogP contribution in [0.5, 0.6) is 0 Å². The van der Waals surface area contributed by atoms with E-state index in [1.807, 2.05) is 29.6 Å². The smallest absolute Gasteiger partial charge is 0.317 e. The van der Waals surface area contributed by atoms with Gasteiger partial charge in [0.05, 0.1) is 0 Å². The third kappa shape index (κ3) is 4.66. The van der Waals surface area contributed by atoms with Gasteiger partial charge in [-0.05, 0) is 37.3 Å². The van der Waals surface area contributed by atoms with Crippen molar-refractivity contribution in [1.29, 1.82) is 0 Å². The average molecular weight is 368 g/mol. The maximum atomic E-state index is 12.7. The highest BCUT2D eigenvalue weighted by Gasteiger charge is 2.28. The van der Waals surface area contributed by atoms with Gasteiger partial charge in [-0.2, -0.15) is 0 Å². The zero-order chi connectivity index (χ0) is 18.5. The zero-order valence-corrected chi connectivity index (χ0v) is 15.7. The largest absolute Gasteiger partial charge is 0.348 e. The van der Waals surface area contributed by atoms with Gasteiger partial charge >= 0.3 is 6.03 Å². The van der Waals surface area contributed by atoms with Crippen molar-refractivity contribution in [1.82, 2.24) is 30.1 Å². The summed E-state index contributed by atoms with van der Waals surface area (Å²) in [5.41, 5.74) is 1.25. The topological polar surface area (TPSA) is 77.2 Å². The monoisotopic (exact) mass is 368 g/mol. The second-order valence-corrected chi connectivity index (χ2v) is 7.62. The van der Waals surface area contributed by atoms with Gasteiger partial charge in [-0.25, -0.2) is 9.78 Å². The predicted molar refractivity (Wildman–Crippen MR) is 103 cm³/mol. The lowest BCUT2D eigenvalue weighted by molar-refractivity contribution is 0.158. The number of nitrogens with zero attached hydrogens (tertiary/aromatic N) is 4. The molecule has 7 nitrogen and oxygen atoms in total. The first-order chi connectivity index (χ1) is 13.3. The SMILES string of the molecule is O=C(NC1CCN(Cc2cccnc2)CC1)N1CCC[C@H](c2ncc[nH]2)C1. The van der Waals surface area contributed by atoms with Crippen LogP contribution >= 0.6 is 0 Å². The van der Waals surface area contributed by atoms with Gasteiger partial charge in [0.2, 0.25) is 0 Å². The Balaban J connectivity index is 1.23. The molecule has 7 heteroatoms. The van der Waals surface area contributed by atoms with E-state index in [0.717, 1.165) is 64.2 Å². The minimum atomic E-state index is 0.0805. The van der Waals surface area contributed by atoms with Crippen molar-refractivity contribution in [2.24, 2.45) is 0 Å². The summed E-state index contributed by atoms with van der Waals surface area (Å²) in [5, 5.41) is 3.26. The normalized spacial score (nSPS) is 21.9. The van der Waals surface area contributed by atoms with Gasteiger partial charge in [-0.1, -0.05) is 6.07 Å². The van der Waals surface area contributed by atoms with Crippen LogP contribution in [0.3, 0.4) is 0 Å². The fraction of sp³-hybridized carbons (Fsp3) is 0.550. The minimum absolute atomic E-state index is 0.0805. The van der Waals surface area contributed by atoms with Crippen molar-refractivity contribution in [3.8, 4) is 0 Å². The fourth-order valence-corrected chi connectivity index (χ4v) is 4.14. The van der Waals surface area contributed by atoms with Crippen LogP contribution in [-0.2, 0) is 6.54 Å². The molecule has 144 valence electrons. The molecule has 2 aromatic heterocycles. The van der Waals surface area contributed by atoms with Gasteiger partial charge in [0.1, 0.15) is 5.82 Å². The number of pyridine rings is 1. The minimum Gasteiger partial charge on any atom is -0.348 e. The van der Waals surface area contributed by atoms with Gasteiger partial charge in [0, 0.05) is 69.5 Å². The summed E-state index contributed by atoms with van der Waals surface area (Å²) >= 11 is 0. The number of H-pyrrole nitrogens is 1. The van der Waals surface area contributed by atoms with Crippen LogP contribution < -0.4 is 5.32 Å². The van der Waals surface area contributed by atoms with Gasteiger partial charge in [-0.15, -0.1) is 0 Å².